The smallest absolute Gasteiger partial charge is 0.196 e. The van der Waals surface area contributed by atoms with Gasteiger partial charge in [0.05, 0.1) is 22.7 Å². The summed E-state index contributed by atoms with van der Waals surface area (Å²) >= 11 is 6.23. The van der Waals surface area contributed by atoms with E-state index in [9.17, 15) is 14.0 Å². The number of nitriles is 1. The minimum atomic E-state index is -1.13. The Bertz CT molecular complexity index is 1520. The molecule has 0 spiro atoms. The van der Waals surface area contributed by atoms with E-state index in [1.165, 1.54) is 6.07 Å². The second kappa shape index (κ2) is 11.7. The van der Waals surface area contributed by atoms with Gasteiger partial charge in [0.2, 0.25) is 0 Å². The first-order valence-electron chi connectivity index (χ1n) is 13.8. The number of nitrogens with zero attached hydrogens (tertiary/aromatic N) is 3. The molecule has 5 nitrogen and oxygen atoms in total. The number of benzene rings is 3. The molecule has 1 unspecified atom stereocenters. The lowest BCUT2D eigenvalue weighted by Crippen LogP contribution is -2.61. The summed E-state index contributed by atoms with van der Waals surface area (Å²) in [5, 5.41) is 10.1. The van der Waals surface area contributed by atoms with Crippen LogP contribution in [0.3, 0.4) is 0 Å². The van der Waals surface area contributed by atoms with Crippen molar-refractivity contribution in [3.05, 3.63) is 88.4 Å². The van der Waals surface area contributed by atoms with Crippen molar-refractivity contribution >= 4 is 22.6 Å². The van der Waals surface area contributed by atoms with Crippen LogP contribution in [0.25, 0.3) is 22.4 Å². The maximum atomic E-state index is 15.0. The van der Waals surface area contributed by atoms with Crippen LogP contribution in [-0.4, -0.2) is 28.6 Å². The van der Waals surface area contributed by atoms with Crippen LogP contribution in [0.1, 0.15) is 63.5 Å². The number of aromatic nitrogens is 2. The van der Waals surface area contributed by atoms with Crippen LogP contribution in [0.15, 0.2) is 60.7 Å². The summed E-state index contributed by atoms with van der Waals surface area (Å²) in [5.41, 5.74) is 1.84. The van der Waals surface area contributed by atoms with Gasteiger partial charge in [-0.05, 0) is 67.6 Å². The molecular weight excluding hydrogens is 532 g/mol. The lowest BCUT2D eigenvalue weighted by atomic mass is 9.70. The summed E-state index contributed by atoms with van der Waals surface area (Å²) in [5.74, 6) is -2.54. The Labute approximate surface area is 238 Å². The van der Waals surface area contributed by atoms with Gasteiger partial charge in [-0.15, -0.1) is 0 Å². The van der Waals surface area contributed by atoms with Crippen molar-refractivity contribution in [1.82, 2.24) is 9.55 Å². The van der Waals surface area contributed by atoms with Crippen LogP contribution in [0, 0.1) is 23.0 Å². The van der Waals surface area contributed by atoms with E-state index in [0.29, 0.717) is 53.5 Å². The van der Waals surface area contributed by atoms with Crippen molar-refractivity contribution in [3.8, 4) is 17.5 Å². The highest BCUT2D eigenvalue weighted by Gasteiger charge is 2.59. The average Bonchev–Trinajstić information content (AvgIpc) is 3.34. The fourth-order valence-corrected chi connectivity index (χ4v) is 6.07. The number of imidazole rings is 1. The molecule has 1 fully saturated rings. The number of fused-ring (bicyclic) bond motifs is 1. The molecule has 1 aliphatic carbocycles. The third kappa shape index (κ3) is 4.79. The summed E-state index contributed by atoms with van der Waals surface area (Å²) in [4.78, 5) is 4.87. The van der Waals surface area contributed by atoms with Crippen molar-refractivity contribution < 1.29 is 18.3 Å². The molecule has 8 heteroatoms. The minimum Gasteiger partial charge on any atom is -0.347 e. The molecule has 0 aliphatic heterocycles. The SMILES string of the molecule is CCCOC1(OCCC)CCCCC1(c1ccc(C#N)cc1)n1c(-c2ccc(Cl)cc2)nc2cc(F)c(F)cc21. The van der Waals surface area contributed by atoms with Crippen molar-refractivity contribution in [2.45, 2.75) is 63.7 Å². The van der Waals surface area contributed by atoms with Gasteiger partial charge < -0.3 is 14.0 Å². The van der Waals surface area contributed by atoms with Gasteiger partial charge in [-0.2, -0.15) is 5.26 Å². The zero-order chi connectivity index (χ0) is 28.3. The summed E-state index contributed by atoms with van der Waals surface area (Å²) in [7, 11) is 0. The quantitative estimate of drug-likeness (QED) is 0.192. The molecule has 1 heterocycles. The highest BCUT2D eigenvalue weighted by Crippen LogP contribution is 2.53. The van der Waals surface area contributed by atoms with E-state index >= 15 is 0 Å². The van der Waals surface area contributed by atoms with E-state index in [1.807, 2.05) is 42.7 Å². The number of halogens is 3. The summed E-state index contributed by atoms with van der Waals surface area (Å²) in [6, 6.07) is 19.2. The van der Waals surface area contributed by atoms with Gasteiger partial charge in [0, 0.05) is 42.4 Å². The summed E-state index contributed by atoms with van der Waals surface area (Å²) in [6.07, 6.45) is 4.45. The fraction of sp³-hybridized carbons (Fsp3) is 0.375. The second-order valence-electron chi connectivity index (χ2n) is 10.2. The molecule has 1 aromatic heterocycles. The number of hydrogen-bond acceptors (Lipinski definition) is 4. The molecular formula is C32H32ClF2N3O2. The van der Waals surface area contributed by atoms with Gasteiger partial charge in [0.15, 0.2) is 17.4 Å². The molecule has 0 N–H and O–H groups in total. The van der Waals surface area contributed by atoms with E-state index in [2.05, 4.69) is 6.07 Å². The Morgan fingerprint density at radius 2 is 1.55 bits per heavy atom. The van der Waals surface area contributed by atoms with E-state index < -0.39 is 23.0 Å². The molecule has 1 aliphatic rings. The lowest BCUT2D eigenvalue weighted by Gasteiger charge is -2.54. The number of ether oxygens (including phenoxy) is 2. The largest absolute Gasteiger partial charge is 0.347 e. The van der Waals surface area contributed by atoms with Gasteiger partial charge in [0.25, 0.3) is 0 Å². The normalized spacial score (nSPS) is 18.6. The average molecular weight is 564 g/mol. The van der Waals surface area contributed by atoms with Gasteiger partial charge in [0.1, 0.15) is 11.4 Å². The zero-order valence-corrected chi connectivity index (χ0v) is 23.5. The lowest BCUT2D eigenvalue weighted by molar-refractivity contribution is -0.297. The summed E-state index contributed by atoms with van der Waals surface area (Å²) < 4.78 is 45.0. The molecule has 0 saturated heterocycles. The Kier molecular flexibility index (Phi) is 8.23. The van der Waals surface area contributed by atoms with Gasteiger partial charge in [-0.1, -0.05) is 44.0 Å². The minimum absolute atomic E-state index is 0.322. The van der Waals surface area contributed by atoms with E-state index in [-0.39, 0.29) is 0 Å². The molecule has 1 atom stereocenters. The standard InChI is InChI=1S/C32H32ClF2N3O2/c1-3-17-39-32(40-18-4-2)16-6-5-15-31(32,24-11-7-22(21-36)8-12-24)38-29-20-27(35)26(34)19-28(29)37-30(38)23-9-13-25(33)14-10-23/h7-14,19-20H,3-6,15-18H2,1-2H3. The van der Waals surface area contributed by atoms with E-state index in [1.54, 1.807) is 24.3 Å². The molecule has 1 saturated carbocycles. The third-order valence-corrected chi connectivity index (χ3v) is 7.93. The van der Waals surface area contributed by atoms with Crippen LogP contribution in [0.4, 0.5) is 8.78 Å². The van der Waals surface area contributed by atoms with Crippen molar-refractivity contribution in [1.29, 1.82) is 5.26 Å². The molecule has 0 amide bonds. The first-order chi connectivity index (χ1) is 19.4. The maximum absolute atomic E-state index is 15.0. The van der Waals surface area contributed by atoms with Crippen LogP contribution in [0.2, 0.25) is 5.02 Å². The Morgan fingerprint density at radius 3 is 2.17 bits per heavy atom. The predicted molar refractivity (Wildman–Crippen MR) is 152 cm³/mol. The second-order valence-corrected chi connectivity index (χ2v) is 10.7. The van der Waals surface area contributed by atoms with E-state index in [0.717, 1.165) is 42.9 Å². The van der Waals surface area contributed by atoms with Gasteiger partial charge in [-0.25, -0.2) is 13.8 Å². The van der Waals surface area contributed by atoms with Crippen LogP contribution in [0.5, 0.6) is 0 Å². The topological polar surface area (TPSA) is 60.1 Å². The van der Waals surface area contributed by atoms with Crippen LogP contribution < -0.4 is 0 Å². The molecule has 0 bridgehead atoms. The van der Waals surface area contributed by atoms with Crippen molar-refractivity contribution in [2.75, 3.05) is 13.2 Å². The van der Waals surface area contributed by atoms with Crippen molar-refractivity contribution in [3.63, 3.8) is 0 Å². The van der Waals surface area contributed by atoms with Crippen LogP contribution >= 0.6 is 11.6 Å². The monoisotopic (exact) mass is 563 g/mol. The van der Waals surface area contributed by atoms with Crippen LogP contribution in [-0.2, 0) is 15.0 Å². The molecule has 208 valence electrons. The molecule has 5 rings (SSSR count). The van der Waals surface area contributed by atoms with Crippen molar-refractivity contribution in [2.24, 2.45) is 0 Å². The first-order valence-corrected chi connectivity index (χ1v) is 14.2. The summed E-state index contributed by atoms with van der Waals surface area (Å²) in [6.45, 7) is 4.99. The maximum Gasteiger partial charge on any atom is 0.196 e. The molecule has 0 radical (unpaired) electrons. The Hall–Kier alpha value is -3.31. The van der Waals surface area contributed by atoms with Gasteiger partial charge in [-0.3, -0.25) is 0 Å². The first kappa shape index (κ1) is 28.2. The highest BCUT2D eigenvalue weighted by molar-refractivity contribution is 6.30. The number of hydrogen-bond donors (Lipinski definition) is 0. The predicted octanol–water partition coefficient (Wildman–Crippen LogP) is 8.37. The molecule has 40 heavy (non-hydrogen) atoms. The highest BCUT2D eigenvalue weighted by atomic mass is 35.5. The third-order valence-electron chi connectivity index (χ3n) is 7.68. The number of rotatable bonds is 9. The molecule has 3 aromatic carbocycles. The van der Waals surface area contributed by atoms with Gasteiger partial charge >= 0.3 is 0 Å². The Morgan fingerprint density at radius 1 is 0.925 bits per heavy atom. The Balaban J connectivity index is 1.93. The zero-order valence-electron chi connectivity index (χ0n) is 22.7. The molecule has 4 aromatic rings. The fourth-order valence-electron chi connectivity index (χ4n) is 5.94. The van der Waals surface area contributed by atoms with E-state index in [4.69, 9.17) is 26.1 Å².